The van der Waals surface area contributed by atoms with Crippen molar-refractivity contribution in [2.24, 2.45) is 13.0 Å². The van der Waals surface area contributed by atoms with E-state index in [9.17, 15) is 72.3 Å². The monoisotopic (exact) mass is 1160 g/mol. The molecular weight excluding hydrogens is 1110 g/mol. The van der Waals surface area contributed by atoms with Crippen molar-refractivity contribution in [1.29, 1.82) is 0 Å². The van der Waals surface area contributed by atoms with Crippen LogP contribution < -0.4 is 38.2 Å². The standard InChI is InChI=1S/C34H47N13O25P4/c1-37-18(49)6-13-14(67-30(21(13)50)47-12-44(2)20-28(47)42-33(36)43-29(20)53)7-65-74(57,58)71-76(61,62)72-75(59,60)66-9-16-24(25(63-3)32(69-16)46-11-40-19-26(35)38-10-39-27(19)46)70-73(55,56)64-8-15-22(51)23(52)31(68-15)45-5-4-17(48)41-34(45)54/h4-5,10-16,21-25,30-32,50-52H,6-9H2,1-3H3,(H10-,35,36,37,38,39,41,42,43,48,49,53,54,55,56,57,58,59,60,61,62)/p+1/t13-,14-,15-,16?,21-,22-,23-,24-,25-,30?,31-,32-/m1/s1. The van der Waals surface area contributed by atoms with Crippen LogP contribution in [-0.4, -0.2) is 167 Å². The minimum atomic E-state index is -6.23. The zero-order valence-electron chi connectivity index (χ0n) is 39.1. The summed E-state index contributed by atoms with van der Waals surface area (Å²) >= 11 is 0. The lowest BCUT2D eigenvalue weighted by Gasteiger charge is -2.26. The van der Waals surface area contributed by atoms with Gasteiger partial charge in [0.25, 0.3) is 17.1 Å². The second-order valence-electron chi connectivity index (χ2n) is 16.8. The number of H-pyrrole nitrogens is 2. The summed E-state index contributed by atoms with van der Waals surface area (Å²) in [5.74, 6) is -2.29. The van der Waals surface area contributed by atoms with Crippen LogP contribution in [0.2, 0.25) is 0 Å². The molecule has 14 N–H and O–H groups in total. The number of fused-ring (bicyclic) bond motifs is 2. The van der Waals surface area contributed by atoms with Crippen molar-refractivity contribution in [2.75, 3.05) is 45.4 Å². The molecule has 5 aromatic rings. The summed E-state index contributed by atoms with van der Waals surface area (Å²) in [6, 6.07) is 0.920. The van der Waals surface area contributed by atoms with Crippen LogP contribution >= 0.6 is 31.3 Å². The van der Waals surface area contributed by atoms with E-state index in [-0.39, 0.29) is 34.1 Å². The Balaban J connectivity index is 0.948. The predicted molar refractivity (Wildman–Crippen MR) is 244 cm³/mol. The lowest BCUT2D eigenvalue weighted by Crippen LogP contribution is -2.45. The van der Waals surface area contributed by atoms with E-state index >= 15 is 0 Å². The van der Waals surface area contributed by atoms with Gasteiger partial charge in [-0.2, -0.15) is 8.62 Å². The van der Waals surface area contributed by atoms with Crippen LogP contribution in [0.3, 0.4) is 0 Å². The maximum atomic E-state index is 13.6. The topological polar surface area (TPSA) is 536 Å². The molecule has 0 aliphatic carbocycles. The molecule has 0 saturated carbocycles. The molecule has 8 heterocycles. The molecule has 0 radical (unpaired) electrons. The number of nitrogens with zero attached hydrogens (tertiary/aromatic N) is 8. The van der Waals surface area contributed by atoms with Crippen LogP contribution in [0.1, 0.15) is 25.1 Å². The lowest BCUT2D eigenvalue weighted by atomic mass is 9.94. The zero-order chi connectivity index (χ0) is 55.4. The van der Waals surface area contributed by atoms with Crippen molar-refractivity contribution in [2.45, 2.75) is 73.9 Å². The Bertz CT molecular complexity index is 3370. The summed E-state index contributed by atoms with van der Waals surface area (Å²) in [5, 5.41) is 35.0. The first-order valence-corrected chi connectivity index (χ1v) is 27.7. The normalized spacial score (nSPS) is 30.0. The number of phosphoric ester groups is 3. The quantitative estimate of drug-likeness (QED) is 0.0243. The molecule has 16 atom stereocenters. The van der Waals surface area contributed by atoms with E-state index in [2.05, 4.69) is 38.9 Å². The summed E-state index contributed by atoms with van der Waals surface area (Å²) in [4.78, 5) is 112. The Morgan fingerprint density at radius 3 is 2.12 bits per heavy atom. The van der Waals surface area contributed by atoms with Crippen molar-refractivity contribution in [1.82, 2.24) is 48.9 Å². The molecule has 0 bridgehead atoms. The number of aromatic amines is 2. The smallest absolute Gasteiger partial charge is 0.387 e. The van der Waals surface area contributed by atoms with Gasteiger partial charge in [0.05, 0.1) is 39.3 Å². The first kappa shape index (κ1) is 57.1. The number of carbonyl (C=O) groups excluding carboxylic acids is 1. The number of aliphatic hydroxyl groups excluding tert-OH is 3. The molecule has 0 aromatic carbocycles. The number of aromatic nitrogens is 10. The SMILES string of the molecule is CNC(=O)C[C@@H]1[C@@H](COP(=O)(O)OP(=O)(O)OP(=O)(O)OCC2O[C@@H](n3cnc4c(N)ncnc43)[C@H](OC)[C@@H]2OP(=O)(O)OC[C@H]2O[C@@H](n3ccc(=O)[nH]c3=O)[C@H](O)[C@@H]2O)OC([n+]2cn(C)c3c(=O)[nH]c(N)nc32)[C@@H]1O. The first-order chi connectivity index (χ1) is 35.6. The summed E-state index contributed by atoms with van der Waals surface area (Å²) in [6.07, 6.45) is -14.4. The van der Waals surface area contributed by atoms with Gasteiger partial charge in [0.2, 0.25) is 17.7 Å². The fourth-order valence-electron chi connectivity index (χ4n) is 8.44. The van der Waals surface area contributed by atoms with Crippen LogP contribution in [0, 0.1) is 5.92 Å². The maximum absolute atomic E-state index is 13.6. The molecule has 5 aromatic heterocycles. The van der Waals surface area contributed by atoms with Gasteiger partial charge in [0.15, 0.2) is 30.2 Å². The largest absolute Gasteiger partial charge is 0.490 e. The Morgan fingerprint density at radius 1 is 0.816 bits per heavy atom. The van der Waals surface area contributed by atoms with Crippen LogP contribution in [-0.2, 0) is 75.8 Å². The van der Waals surface area contributed by atoms with Crippen LogP contribution in [0.4, 0.5) is 11.8 Å². The lowest BCUT2D eigenvalue weighted by molar-refractivity contribution is -0.745. The van der Waals surface area contributed by atoms with Gasteiger partial charge in [-0.05, 0) is 0 Å². The molecule has 3 aliphatic heterocycles. The van der Waals surface area contributed by atoms with E-state index in [1.165, 1.54) is 34.1 Å². The molecule has 3 aliphatic rings. The highest BCUT2D eigenvalue weighted by Crippen LogP contribution is 2.68. The molecular formula is C34H48N13O25P4+. The van der Waals surface area contributed by atoms with Gasteiger partial charge < -0.3 is 70.6 Å². The predicted octanol–water partition coefficient (Wildman–Crippen LogP) is -4.48. The number of rotatable bonds is 21. The summed E-state index contributed by atoms with van der Waals surface area (Å²) in [6.45, 7) is -3.37. The number of nitrogens with one attached hydrogen (secondary N) is 3. The molecule has 418 valence electrons. The Kier molecular flexibility index (Phi) is 16.5. The molecule has 38 nitrogen and oxygen atoms in total. The van der Waals surface area contributed by atoms with Crippen molar-refractivity contribution in [3.05, 3.63) is 62.4 Å². The number of anilines is 2. The summed E-state index contributed by atoms with van der Waals surface area (Å²) in [7, 11) is -19.7. The maximum Gasteiger partial charge on any atom is 0.490 e. The number of hydrogen-bond acceptors (Lipinski definition) is 27. The molecule has 3 saturated heterocycles. The third kappa shape index (κ3) is 12.1. The molecule has 1 amide bonds. The van der Waals surface area contributed by atoms with Crippen molar-refractivity contribution < 1.29 is 108 Å². The average Bonchev–Trinajstić information content (AvgIpc) is 4.16. The van der Waals surface area contributed by atoms with E-state index < -0.39 is 154 Å². The number of amides is 1. The minimum absolute atomic E-state index is 0.00237. The first-order valence-electron chi connectivity index (χ1n) is 21.7. The highest BCUT2D eigenvalue weighted by molar-refractivity contribution is 7.66. The number of imidazole rings is 2. The van der Waals surface area contributed by atoms with Crippen LogP contribution in [0.25, 0.3) is 22.3 Å². The third-order valence-electron chi connectivity index (χ3n) is 11.8. The number of nitrogen functional groups attached to an aromatic ring is 2. The molecule has 76 heavy (non-hydrogen) atoms. The highest BCUT2D eigenvalue weighted by Gasteiger charge is 2.54. The van der Waals surface area contributed by atoms with Crippen LogP contribution in [0.15, 0.2) is 45.6 Å². The molecule has 0 spiro atoms. The van der Waals surface area contributed by atoms with E-state index in [0.717, 1.165) is 36.6 Å². The number of ether oxygens (including phenoxy) is 4. The Morgan fingerprint density at radius 2 is 1.46 bits per heavy atom. The van der Waals surface area contributed by atoms with Crippen molar-refractivity contribution in [3.8, 4) is 0 Å². The zero-order valence-corrected chi connectivity index (χ0v) is 42.7. The number of nitrogens with two attached hydrogens (primary N) is 2. The van der Waals surface area contributed by atoms with Gasteiger partial charge in [-0.3, -0.25) is 56.1 Å². The fourth-order valence-corrected chi connectivity index (χ4v) is 12.9. The van der Waals surface area contributed by atoms with E-state index in [4.69, 9.17) is 48.5 Å². The summed E-state index contributed by atoms with van der Waals surface area (Å²) in [5.41, 5.74) is 9.11. The number of carbonyl (C=O) groups is 1. The third-order valence-corrected chi connectivity index (χ3v) is 17.1. The van der Waals surface area contributed by atoms with E-state index in [1.807, 2.05) is 4.98 Å². The van der Waals surface area contributed by atoms with E-state index in [0.29, 0.717) is 0 Å². The fraction of sp³-hybridized carbons (Fsp3) is 0.559. The second kappa shape index (κ2) is 22.0. The van der Waals surface area contributed by atoms with Crippen LogP contribution in [0.5, 0.6) is 0 Å². The van der Waals surface area contributed by atoms with Gasteiger partial charge >= 0.3 is 42.6 Å². The van der Waals surface area contributed by atoms with Crippen molar-refractivity contribution in [3.63, 3.8) is 0 Å². The molecule has 3 fully saturated rings. The number of hydrogen-bond donors (Lipinski definition) is 12. The number of aliphatic hydroxyl groups is 3. The number of aryl methyl sites for hydroxylation is 1. The summed E-state index contributed by atoms with van der Waals surface area (Å²) < 4.78 is 109. The van der Waals surface area contributed by atoms with Gasteiger partial charge in [-0.1, -0.05) is 4.98 Å². The minimum Gasteiger partial charge on any atom is -0.387 e. The van der Waals surface area contributed by atoms with Crippen molar-refractivity contribution >= 4 is 71.3 Å². The average molecular weight is 1160 g/mol. The Hall–Kier alpha value is -5.11. The highest BCUT2D eigenvalue weighted by atomic mass is 31.3. The number of phosphoric acid groups is 4. The van der Waals surface area contributed by atoms with Gasteiger partial charge in [0.1, 0.15) is 54.6 Å². The molecule has 8 rings (SSSR count). The Labute approximate surface area is 422 Å². The number of methoxy groups -OCH3 is 1. The van der Waals surface area contributed by atoms with Gasteiger partial charge in [0, 0.05) is 38.8 Å². The van der Waals surface area contributed by atoms with Gasteiger partial charge in [-0.25, -0.2) is 42.6 Å². The molecule has 42 heteroatoms. The van der Waals surface area contributed by atoms with Gasteiger partial charge in [-0.15, -0.1) is 0 Å². The van der Waals surface area contributed by atoms with E-state index in [1.54, 1.807) is 0 Å². The molecule has 6 unspecified atom stereocenters. The second-order valence-corrected chi connectivity index (χ2v) is 22.8.